The number of carbonyl (C=O) groups excluding carboxylic acids is 1. The van der Waals surface area contributed by atoms with Gasteiger partial charge in [-0.05, 0) is 48.1 Å². The van der Waals surface area contributed by atoms with Crippen LogP contribution in [0.15, 0.2) is 36.4 Å². The van der Waals surface area contributed by atoms with Crippen LogP contribution in [0.2, 0.25) is 0 Å². The molecule has 0 N–H and O–H groups in total. The Morgan fingerprint density at radius 2 is 1.85 bits per heavy atom. The van der Waals surface area contributed by atoms with Gasteiger partial charge in [-0.2, -0.15) is 0 Å². The van der Waals surface area contributed by atoms with Gasteiger partial charge in [0.25, 0.3) is 0 Å². The number of fused-ring (bicyclic) bond motifs is 2. The molecule has 0 radical (unpaired) electrons. The molecule has 0 saturated carbocycles. The lowest BCUT2D eigenvalue weighted by molar-refractivity contribution is 0.103. The van der Waals surface area contributed by atoms with Gasteiger partial charge < -0.3 is 4.74 Å². The van der Waals surface area contributed by atoms with Gasteiger partial charge in [0.1, 0.15) is 5.75 Å². The van der Waals surface area contributed by atoms with Crippen molar-refractivity contribution in [3.8, 4) is 5.75 Å². The van der Waals surface area contributed by atoms with Crippen molar-refractivity contribution in [3.05, 3.63) is 64.2 Å². The topological polar surface area (TPSA) is 26.3 Å². The molecule has 0 bridgehead atoms. The normalized spacial score (nSPS) is 15.6. The number of rotatable bonds is 2. The zero-order chi connectivity index (χ0) is 13.5. The number of hydrogen-bond acceptors (Lipinski definition) is 2. The highest BCUT2D eigenvalue weighted by Gasteiger charge is 2.22. The summed E-state index contributed by atoms with van der Waals surface area (Å²) in [4.78, 5) is 12.7. The van der Waals surface area contributed by atoms with Crippen molar-refractivity contribution in [2.24, 2.45) is 0 Å². The minimum Gasteiger partial charge on any atom is -0.492 e. The highest BCUT2D eigenvalue weighted by Crippen LogP contribution is 2.32. The van der Waals surface area contributed by atoms with Crippen molar-refractivity contribution in [1.82, 2.24) is 0 Å². The van der Waals surface area contributed by atoms with Crippen molar-refractivity contribution >= 4 is 5.78 Å². The fourth-order valence-corrected chi connectivity index (χ4v) is 3.26. The first kappa shape index (κ1) is 11.7. The fourth-order valence-electron chi connectivity index (χ4n) is 3.26. The van der Waals surface area contributed by atoms with Crippen molar-refractivity contribution in [2.45, 2.75) is 25.7 Å². The summed E-state index contributed by atoms with van der Waals surface area (Å²) in [5.41, 5.74) is 5.38. The van der Waals surface area contributed by atoms with Gasteiger partial charge in [0.2, 0.25) is 0 Å². The molecule has 2 aromatic rings. The molecule has 0 atom stereocenters. The van der Waals surface area contributed by atoms with E-state index in [2.05, 4.69) is 12.1 Å². The number of ether oxygens (including phenoxy) is 1. The molecule has 0 aromatic heterocycles. The van der Waals surface area contributed by atoms with Crippen LogP contribution < -0.4 is 4.74 Å². The first-order valence-electron chi connectivity index (χ1n) is 7.24. The van der Waals surface area contributed by atoms with Crippen molar-refractivity contribution in [2.75, 3.05) is 6.61 Å². The highest BCUT2D eigenvalue weighted by molar-refractivity contribution is 6.11. The number of hydrogen-bond donors (Lipinski definition) is 0. The summed E-state index contributed by atoms with van der Waals surface area (Å²) in [5.74, 6) is 0.872. The Balaban J connectivity index is 1.76. The van der Waals surface area contributed by atoms with Gasteiger partial charge in [0.05, 0.1) is 12.2 Å². The fraction of sp³-hybridized carbons (Fsp3) is 0.278. The molecule has 0 amide bonds. The van der Waals surface area contributed by atoms with E-state index in [9.17, 15) is 4.79 Å². The molecule has 2 aromatic carbocycles. The minimum atomic E-state index is 0.0819. The lowest BCUT2D eigenvalue weighted by Gasteiger charge is -2.08. The van der Waals surface area contributed by atoms with Crippen LogP contribution in [0.4, 0.5) is 0 Å². The van der Waals surface area contributed by atoms with Gasteiger partial charge in [0, 0.05) is 12.0 Å². The van der Waals surface area contributed by atoms with E-state index in [0.717, 1.165) is 36.1 Å². The standard InChI is InChI=1S/C18H16O2/c19-17(15-8-7-12-3-1-5-14(12)11-15)16-6-2-4-13-9-10-20-18(13)16/h2,4,6-8,11H,1,3,5,9-10H2. The second kappa shape index (κ2) is 4.48. The predicted octanol–water partition coefficient (Wildman–Crippen LogP) is 3.34. The molecule has 2 heteroatoms. The first-order chi connectivity index (χ1) is 9.83. The minimum absolute atomic E-state index is 0.0819. The van der Waals surface area contributed by atoms with Gasteiger partial charge in [0.15, 0.2) is 5.78 Å². The zero-order valence-corrected chi connectivity index (χ0v) is 11.3. The lowest BCUT2D eigenvalue weighted by Crippen LogP contribution is -2.04. The molecule has 0 spiro atoms. The largest absolute Gasteiger partial charge is 0.492 e. The van der Waals surface area contributed by atoms with Crippen LogP contribution in [0, 0.1) is 0 Å². The second-order valence-electron chi connectivity index (χ2n) is 5.56. The van der Waals surface area contributed by atoms with Gasteiger partial charge >= 0.3 is 0 Å². The smallest absolute Gasteiger partial charge is 0.196 e. The molecular formula is C18H16O2. The van der Waals surface area contributed by atoms with E-state index in [1.54, 1.807) is 0 Å². The van der Waals surface area contributed by atoms with Crippen LogP contribution in [0.5, 0.6) is 5.75 Å². The van der Waals surface area contributed by atoms with Gasteiger partial charge in [-0.15, -0.1) is 0 Å². The highest BCUT2D eigenvalue weighted by atomic mass is 16.5. The molecule has 4 rings (SSSR count). The van der Waals surface area contributed by atoms with E-state index in [1.165, 1.54) is 17.5 Å². The molecule has 1 aliphatic carbocycles. The third-order valence-electron chi connectivity index (χ3n) is 4.32. The molecule has 0 saturated heterocycles. The summed E-state index contributed by atoms with van der Waals surface area (Å²) in [7, 11) is 0. The maximum absolute atomic E-state index is 12.7. The SMILES string of the molecule is O=C(c1ccc2c(c1)CCC2)c1cccc2c1OCC2. The van der Waals surface area contributed by atoms with E-state index in [1.807, 2.05) is 24.3 Å². The molecule has 1 heterocycles. The Morgan fingerprint density at radius 3 is 2.80 bits per heavy atom. The van der Waals surface area contributed by atoms with E-state index in [-0.39, 0.29) is 5.78 Å². The third kappa shape index (κ3) is 1.75. The van der Waals surface area contributed by atoms with E-state index >= 15 is 0 Å². The third-order valence-corrected chi connectivity index (χ3v) is 4.32. The van der Waals surface area contributed by atoms with Crippen LogP contribution >= 0.6 is 0 Å². The Hall–Kier alpha value is -2.09. The lowest BCUT2D eigenvalue weighted by atomic mass is 9.97. The molecule has 2 aliphatic rings. The number of ketones is 1. The molecule has 0 unspecified atom stereocenters. The molecule has 2 nitrogen and oxygen atoms in total. The molecular weight excluding hydrogens is 248 g/mol. The second-order valence-corrected chi connectivity index (χ2v) is 5.56. The summed E-state index contributed by atoms with van der Waals surface area (Å²) in [6, 6.07) is 12.0. The van der Waals surface area contributed by atoms with E-state index < -0.39 is 0 Å². The van der Waals surface area contributed by atoms with Gasteiger partial charge in [-0.3, -0.25) is 4.79 Å². The number of aryl methyl sites for hydroxylation is 2. The summed E-state index contributed by atoms with van der Waals surface area (Å²) >= 11 is 0. The maximum atomic E-state index is 12.7. The number of benzene rings is 2. The molecule has 20 heavy (non-hydrogen) atoms. The van der Waals surface area contributed by atoms with Gasteiger partial charge in [-0.25, -0.2) is 0 Å². The van der Waals surface area contributed by atoms with Crippen LogP contribution in [0.1, 0.15) is 39.0 Å². The number of carbonyl (C=O) groups is 1. The zero-order valence-electron chi connectivity index (χ0n) is 11.3. The van der Waals surface area contributed by atoms with Gasteiger partial charge in [-0.1, -0.05) is 24.3 Å². The Labute approximate surface area is 118 Å². The Morgan fingerprint density at radius 1 is 0.950 bits per heavy atom. The van der Waals surface area contributed by atoms with E-state index in [4.69, 9.17) is 4.74 Å². The summed E-state index contributed by atoms with van der Waals surface area (Å²) < 4.78 is 5.64. The molecule has 0 fully saturated rings. The average molecular weight is 264 g/mol. The number of para-hydroxylation sites is 1. The molecule has 1 aliphatic heterocycles. The van der Waals surface area contributed by atoms with Crippen molar-refractivity contribution < 1.29 is 9.53 Å². The van der Waals surface area contributed by atoms with Crippen LogP contribution in [0.3, 0.4) is 0 Å². The van der Waals surface area contributed by atoms with Crippen molar-refractivity contribution in [3.63, 3.8) is 0 Å². The maximum Gasteiger partial charge on any atom is 0.196 e. The summed E-state index contributed by atoms with van der Waals surface area (Å²) in [5, 5.41) is 0. The van der Waals surface area contributed by atoms with Crippen LogP contribution in [0.25, 0.3) is 0 Å². The summed E-state index contributed by atoms with van der Waals surface area (Å²) in [6.07, 6.45) is 4.35. The van der Waals surface area contributed by atoms with Crippen LogP contribution in [-0.2, 0) is 19.3 Å². The van der Waals surface area contributed by atoms with E-state index in [0.29, 0.717) is 12.2 Å². The predicted molar refractivity (Wildman–Crippen MR) is 77.5 cm³/mol. The Kier molecular flexibility index (Phi) is 2.62. The van der Waals surface area contributed by atoms with Crippen LogP contribution in [-0.4, -0.2) is 12.4 Å². The van der Waals surface area contributed by atoms with Crippen molar-refractivity contribution in [1.29, 1.82) is 0 Å². The summed E-state index contributed by atoms with van der Waals surface area (Å²) in [6.45, 7) is 0.684. The Bertz CT molecular complexity index is 701. The average Bonchev–Trinajstić information content (AvgIpc) is 3.13. The first-order valence-corrected chi connectivity index (χ1v) is 7.24. The monoisotopic (exact) mass is 264 g/mol. The quantitative estimate of drug-likeness (QED) is 0.778. The molecule has 100 valence electrons.